The van der Waals surface area contributed by atoms with Gasteiger partial charge in [0.25, 0.3) is 0 Å². The molecule has 2 N–H and O–H groups in total. The zero-order valence-corrected chi connectivity index (χ0v) is 21.5. The largest absolute Gasteiger partial charge is 0.759 e. The van der Waals surface area contributed by atoms with Crippen molar-refractivity contribution in [2.24, 2.45) is 0 Å². The summed E-state index contributed by atoms with van der Waals surface area (Å²) < 4.78 is 34.1. The molecule has 0 spiro atoms. The first-order chi connectivity index (χ1) is 14.3. The second-order valence-corrected chi connectivity index (χ2v) is 17.5. The first kappa shape index (κ1) is 30.1. The predicted octanol–water partition coefficient (Wildman–Crippen LogP) is 2.61. The van der Waals surface area contributed by atoms with Gasteiger partial charge in [-0.3, -0.25) is 8.42 Å². The third kappa shape index (κ3) is 15.5. The molecule has 31 heavy (non-hydrogen) atoms. The maximum absolute atomic E-state index is 8.79. The summed E-state index contributed by atoms with van der Waals surface area (Å²) in [6.45, 7) is 9.96. The Morgan fingerprint density at radius 1 is 0.677 bits per heavy atom. The molecule has 0 saturated heterocycles. The van der Waals surface area contributed by atoms with Gasteiger partial charge in [0.15, 0.2) is 0 Å². The summed E-state index contributed by atoms with van der Waals surface area (Å²) in [7, 11) is -7.11. The van der Waals surface area contributed by atoms with E-state index < -0.39 is 24.9 Å². The van der Waals surface area contributed by atoms with Crippen LogP contribution in [0, 0.1) is 0 Å². The number of hydrogen-bond donors (Lipinski definition) is 2. The number of aliphatic hydroxyl groups excluding tert-OH is 2. The van der Waals surface area contributed by atoms with Gasteiger partial charge in [-0.1, -0.05) is 36.4 Å². The Labute approximate surface area is 189 Å². The van der Waals surface area contributed by atoms with Crippen LogP contribution in [0.3, 0.4) is 0 Å². The average molecular weight is 491 g/mol. The molecule has 0 unspecified atom stereocenters. The molecule has 0 atom stereocenters. The molecule has 0 saturated carbocycles. The Hall–Kier alpha value is -0.910. The van der Waals surface area contributed by atoms with E-state index in [9.17, 15) is 0 Å². The molecular formula is C22H36O6P2S. The molecule has 0 heterocycles. The summed E-state index contributed by atoms with van der Waals surface area (Å²) in [4.78, 5) is 0. The van der Waals surface area contributed by atoms with Crippen LogP contribution in [0.15, 0.2) is 60.7 Å². The van der Waals surface area contributed by atoms with Crippen LogP contribution in [0.2, 0.25) is 0 Å². The van der Waals surface area contributed by atoms with E-state index in [4.69, 9.17) is 27.7 Å². The van der Waals surface area contributed by atoms with Crippen molar-refractivity contribution in [3.8, 4) is 0 Å². The van der Waals surface area contributed by atoms with Crippen LogP contribution in [-0.2, 0) is 10.4 Å². The highest BCUT2D eigenvalue weighted by atomic mass is 32.3. The van der Waals surface area contributed by atoms with E-state index in [2.05, 4.69) is 87.3 Å². The van der Waals surface area contributed by atoms with Crippen LogP contribution < -0.4 is 10.6 Å². The molecule has 0 aliphatic rings. The summed E-state index contributed by atoms with van der Waals surface area (Å²) >= 11 is 0. The molecule has 0 amide bonds. The van der Waals surface area contributed by atoms with Crippen LogP contribution in [0.4, 0.5) is 0 Å². The lowest BCUT2D eigenvalue weighted by Crippen LogP contribution is -2.12. The molecule has 2 aromatic rings. The summed E-state index contributed by atoms with van der Waals surface area (Å²) in [5.74, 6) is 0. The van der Waals surface area contributed by atoms with E-state index in [1.807, 2.05) is 0 Å². The summed E-state index contributed by atoms with van der Waals surface area (Å²) in [5, 5.41) is 20.5. The fourth-order valence-corrected chi connectivity index (χ4v) is 7.19. The summed E-state index contributed by atoms with van der Waals surface area (Å²) in [5.41, 5.74) is 0. The van der Waals surface area contributed by atoms with Crippen molar-refractivity contribution < 1.29 is 27.7 Å². The molecule has 2 rings (SSSR count). The Kier molecular flexibility index (Phi) is 14.6. The molecule has 0 aromatic heterocycles. The van der Waals surface area contributed by atoms with Crippen molar-refractivity contribution in [3.63, 3.8) is 0 Å². The number of rotatable bonds is 8. The minimum absolute atomic E-state index is 0.316. The molecule has 0 bridgehead atoms. The number of hydrogen-bond acceptors (Lipinski definition) is 6. The first-order valence-electron chi connectivity index (χ1n) is 9.99. The van der Waals surface area contributed by atoms with E-state index in [-0.39, 0.29) is 0 Å². The molecule has 2 aromatic carbocycles. The zero-order chi connectivity index (χ0) is 24.0. The van der Waals surface area contributed by atoms with Crippen LogP contribution in [-0.4, -0.2) is 79.9 Å². The normalized spacial score (nSPS) is 11.6. The predicted molar refractivity (Wildman–Crippen MR) is 133 cm³/mol. The Balaban J connectivity index is 0.000000479. The standard InChI is InChI=1S/2C11H18OP.H2O4S/c2*1-13(2,10-6-9-12)11-7-4-3-5-8-11;1-5(2,3)4/h2*3-5,7-8,12H,6,9-10H2,1-2H3;(H2,1,2,3,4)/q2*+1;/p-2. The van der Waals surface area contributed by atoms with Gasteiger partial charge in [-0.05, 0) is 24.3 Å². The molecule has 0 aliphatic carbocycles. The smallest absolute Gasteiger partial charge is 0.0933 e. The third-order valence-corrected chi connectivity index (χ3v) is 10.9. The zero-order valence-electron chi connectivity index (χ0n) is 18.8. The molecule has 6 nitrogen and oxygen atoms in total. The van der Waals surface area contributed by atoms with Crippen molar-refractivity contribution in [1.82, 2.24) is 0 Å². The van der Waals surface area contributed by atoms with Gasteiger partial charge in [0, 0.05) is 51.0 Å². The SMILES string of the molecule is C[P+](C)(CCCO)c1ccccc1.C[P+](C)(CCCO)c1ccccc1.O=S(=O)([O-])[O-]. The van der Waals surface area contributed by atoms with E-state index in [0.29, 0.717) is 13.2 Å². The van der Waals surface area contributed by atoms with Gasteiger partial charge in [0.2, 0.25) is 0 Å². The lowest BCUT2D eigenvalue weighted by molar-refractivity contribution is 0.295. The van der Waals surface area contributed by atoms with Crippen LogP contribution in [0.5, 0.6) is 0 Å². The second kappa shape index (κ2) is 15.0. The van der Waals surface area contributed by atoms with Crippen molar-refractivity contribution >= 4 is 35.5 Å². The topological polar surface area (TPSA) is 121 Å². The van der Waals surface area contributed by atoms with Gasteiger partial charge in [-0.2, -0.15) is 0 Å². The number of aliphatic hydroxyl groups is 2. The maximum Gasteiger partial charge on any atom is 0.0933 e. The first-order valence-corrected chi connectivity index (χ1v) is 17.1. The Morgan fingerprint density at radius 3 is 1.16 bits per heavy atom. The fraction of sp³-hybridized carbons (Fsp3) is 0.455. The van der Waals surface area contributed by atoms with Crippen LogP contribution in [0.25, 0.3) is 0 Å². The molecule has 0 fully saturated rings. The van der Waals surface area contributed by atoms with Crippen molar-refractivity contribution in [1.29, 1.82) is 0 Å². The Bertz CT molecular complexity index is 749. The van der Waals surface area contributed by atoms with Crippen molar-refractivity contribution in [3.05, 3.63) is 60.7 Å². The van der Waals surface area contributed by atoms with Crippen molar-refractivity contribution in [2.45, 2.75) is 12.8 Å². The molecule has 0 aliphatic heterocycles. The van der Waals surface area contributed by atoms with E-state index in [1.54, 1.807) is 0 Å². The monoisotopic (exact) mass is 490 g/mol. The number of benzene rings is 2. The maximum atomic E-state index is 8.79. The highest BCUT2D eigenvalue weighted by molar-refractivity contribution is 7.82. The van der Waals surface area contributed by atoms with Crippen LogP contribution in [0.1, 0.15) is 12.8 Å². The minimum atomic E-state index is -5.17. The molecule has 0 radical (unpaired) electrons. The molecular weight excluding hydrogens is 454 g/mol. The van der Waals surface area contributed by atoms with E-state index in [1.165, 1.54) is 10.6 Å². The fourth-order valence-electron chi connectivity index (χ4n) is 2.85. The molecule has 9 heteroatoms. The summed E-state index contributed by atoms with van der Waals surface area (Å²) in [6, 6.07) is 21.3. The van der Waals surface area contributed by atoms with E-state index in [0.717, 1.165) is 25.2 Å². The van der Waals surface area contributed by atoms with E-state index >= 15 is 0 Å². The lowest BCUT2D eigenvalue weighted by atomic mass is 10.4. The average Bonchev–Trinajstić information content (AvgIpc) is 2.71. The lowest BCUT2D eigenvalue weighted by Gasteiger charge is -2.17. The van der Waals surface area contributed by atoms with Gasteiger partial charge in [-0.15, -0.1) is 0 Å². The second-order valence-electron chi connectivity index (χ2n) is 8.05. The van der Waals surface area contributed by atoms with Gasteiger partial charge < -0.3 is 19.3 Å². The Morgan fingerprint density at radius 2 is 0.935 bits per heavy atom. The van der Waals surface area contributed by atoms with Gasteiger partial charge in [-0.25, -0.2) is 0 Å². The van der Waals surface area contributed by atoms with Crippen molar-refractivity contribution in [2.75, 3.05) is 52.2 Å². The minimum Gasteiger partial charge on any atom is -0.759 e. The van der Waals surface area contributed by atoms with Crippen LogP contribution >= 0.6 is 14.5 Å². The highest BCUT2D eigenvalue weighted by Crippen LogP contribution is 2.50. The quantitative estimate of drug-likeness (QED) is 0.333. The van der Waals surface area contributed by atoms with Gasteiger partial charge in [0.1, 0.15) is 0 Å². The summed E-state index contributed by atoms with van der Waals surface area (Å²) in [6.07, 6.45) is 4.15. The highest BCUT2D eigenvalue weighted by Gasteiger charge is 2.27. The van der Waals surface area contributed by atoms with Gasteiger partial charge in [0.05, 0.1) is 49.6 Å². The molecule has 176 valence electrons. The third-order valence-electron chi connectivity index (χ3n) is 4.66. The van der Waals surface area contributed by atoms with Gasteiger partial charge >= 0.3 is 0 Å².